The van der Waals surface area contributed by atoms with Crippen LogP contribution in [0.5, 0.6) is 0 Å². The van der Waals surface area contributed by atoms with Gasteiger partial charge in [-0.15, -0.1) is 5.10 Å². The number of hydrogen-bond donors (Lipinski definition) is 4. The molecule has 1 aliphatic carbocycles. The van der Waals surface area contributed by atoms with Crippen LogP contribution < -0.4 is 20.9 Å². The van der Waals surface area contributed by atoms with E-state index in [1.807, 2.05) is 29.8 Å². The minimum Gasteiger partial charge on any atom is -0.354 e. The zero-order chi connectivity index (χ0) is 23.1. The normalized spacial score (nSPS) is 25.1. The molecular formula is C24H33N9O. The first kappa shape index (κ1) is 21.4. The third kappa shape index (κ3) is 4.00. The number of H-pyrrole nitrogens is 1. The quantitative estimate of drug-likeness (QED) is 0.426. The van der Waals surface area contributed by atoms with E-state index < -0.39 is 5.54 Å². The van der Waals surface area contributed by atoms with Gasteiger partial charge in [0.1, 0.15) is 11.1 Å². The number of nitrogens with one attached hydrogen (secondary N) is 4. The summed E-state index contributed by atoms with van der Waals surface area (Å²) in [5, 5.41) is 22.4. The Labute approximate surface area is 198 Å². The van der Waals surface area contributed by atoms with Gasteiger partial charge in [-0.25, -0.2) is 4.52 Å². The van der Waals surface area contributed by atoms with Gasteiger partial charge in [0.25, 0.3) is 0 Å². The number of piperidine rings is 1. The smallest absolute Gasteiger partial charge is 0.246 e. The standard InChI is InChI=1S/C24H33N9O/c1-24(22(34)26-15-16-5-2-10-25-14-16)9-4-11-32(24)23-28-21(19-6-3-12-33(19)31-23)27-20-13-18(29-30-20)17-7-8-17/h3,6,12-13,16-17,25H,2,4-5,7-11,14-15H2,1H3,(H,26,34)(H2,27,28,29,30,31)/t16-,24+/m1/s1. The Morgan fingerprint density at radius 3 is 3.03 bits per heavy atom. The van der Waals surface area contributed by atoms with Crippen LogP contribution in [-0.4, -0.2) is 62.4 Å². The lowest BCUT2D eigenvalue weighted by Gasteiger charge is -2.34. The summed E-state index contributed by atoms with van der Waals surface area (Å²) in [4.78, 5) is 20.3. The highest BCUT2D eigenvalue weighted by Crippen LogP contribution is 2.40. The van der Waals surface area contributed by atoms with Gasteiger partial charge < -0.3 is 20.9 Å². The molecule has 180 valence electrons. The van der Waals surface area contributed by atoms with E-state index in [9.17, 15) is 4.79 Å². The van der Waals surface area contributed by atoms with Crippen LogP contribution in [0.1, 0.15) is 57.1 Å². The number of carbonyl (C=O) groups excluding carboxylic acids is 1. The number of amides is 1. The minimum atomic E-state index is -0.675. The van der Waals surface area contributed by atoms with Crippen molar-refractivity contribution in [3.05, 3.63) is 30.1 Å². The number of rotatable bonds is 7. The molecule has 0 radical (unpaired) electrons. The van der Waals surface area contributed by atoms with Crippen LogP contribution in [-0.2, 0) is 4.79 Å². The maximum atomic E-state index is 13.4. The largest absolute Gasteiger partial charge is 0.354 e. The van der Waals surface area contributed by atoms with E-state index >= 15 is 0 Å². The highest BCUT2D eigenvalue weighted by atomic mass is 16.2. The molecule has 10 heteroatoms. The van der Waals surface area contributed by atoms with Gasteiger partial charge in [-0.05, 0) is 76.6 Å². The number of carbonyl (C=O) groups is 1. The first-order valence-corrected chi connectivity index (χ1v) is 12.5. The lowest BCUT2D eigenvalue weighted by atomic mass is 9.96. The molecule has 3 aromatic heterocycles. The fourth-order valence-electron chi connectivity index (χ4n) is 5.30. The van der Waals surface area contributed by atoms with Gasteiger partial charge in [-0.2, -0.15) is 10.1 Å². The van der Waals surface area contributed by atoms with Crippen molar-refractivity contribution in [2.45, 2.75) is 56.9 Å². The Balaban J connectivity index is 1.24. The van der Waals surface area contributed by atoms with Crippen molar-refractivity contribution in [3.63, 3.8) is 0 Å². The number of nitrogens with zero attached hydrogens (tertiary/aromatic N) is 5. The molecule has 5 heterocycles. The molecule has 2 aliphatic heterocycles. The van der Waals surface area contributed by atoms with Crippen molar-refractivity contribution in [1.29, 1.82) is 0 Å². The highest BCUT2D eigenvalue weighted by Gasteiger charge is 2.45. The fourth-order valence-corrected chi connectivity index (χ4v) is 5.30. The summed E-state index contributed by atoms with van der Waals surface area (Å²) in [6.07, 6.45) is 8.38. The molecule has 0 bridgehead atoms. The van der Waals surface area contributed by atoms with E-state index in [4.69, 9.17) is 10.1 Å². The molecule has 0 aromatic carbocycles. The molecule has 2 saturated heterocycles. The first-order valence-electron chi connectivity index (χ1n) is 12.5. The van der Waals surface area contributed by atoms with Crippen LogP contribution in [0.25, 0.3) is 5.52 Å². The second-order valence-electron chi connectivity index (χ2n) is 10.2. The van der Waals surface area contributed by atoms with Crippen molar-refractivity contribution >= 4 is 29.0 Å². The van der Waals surface area contributed by atoms with Crippen LogP contribution in [0.4, 0.5) is 17.6 Å². The van der Waals surface area contributed by atoms with Crippen LogP contribution in [0.3, 0.4) is 0 Å². The highest BCUT2D eigenvalue weighted by molar-refractivity contribution is 5.90. The topological polar surface area (TPSA) is 115 Å². The van der Waals surface area contributed by atoms with Gasteiger partial charge >= 0.3 is 0 Å². The van der Waals surface area contributed by atoms with Crippen molar-refractivity contribution in [1.82, 2.24) is 35.4 Å². The average molecular weight is 464 g/mol. The molecule has 1 saturated carbocycles. The van der Waals surface area contributed by atoms with Crippen molar-refractivity contribution < 1.29 is 4.79 Å². The van der Waals surface area contributed by atoms with Crippen molar-refractivity contribution in [2.75, 3.05) is 36.4 Å². The molecule has 10 nitrogen and oxygen atoms in total. The SMILES string of the molecule is C[C@@]1(C(=O)NC[C@@H]2CCCNC2)CCCN1c1nc(Nc2cc(C3CC3)[nH]n2)c2cccn2n1. The van der Waals surface area contributed by atoms with E-state index in [0.29, 0.717) is 30.1 Å². The summed E-state index contributed by atoms with van der Waals surface area (Å²) in [6, 6.07) is 5.99. The third-order valence-electron chi connectivity index (χ3n) is 7.56. The fraction of sp³-hybridized carbons (Fsp3) is 0.583. The molecule has 6 rings (SSSR count). The third-order valence-corrected chi connectivity index (χ3v) is 7.56. The Morgan fingerprint density at radius 1 is 1.29 bits per heavy atom. The molecule has 2 atom stereocenters. The maximum absolute atomic E-state index is 13.4. The van der Waals surface area contributed by atoms with Gasteiger partial charge in [0.2, 0.25) is 11.9 Å². The zero-order valence-electron chi connectivity index (χ0n) is 19.7. The van der Waals surface area contributed by atoms with E-state index in [1.165, 1.54) is 25.0 Å². The molecular weight excluding hydrogens is 430 g/mol. The number of aromatic nitrogens is 5. The predicted molar refractivity (Wildman–Crippen MR) is 130 cm³/mol. The van der Waals surface area contributed by atoms with Crippen LogP contribution in [0.2, 0.25) is 0 Å². The summed E-state index contributed by atoms with van der Waals surface area (Å²) in [5.74, 6) is 3.14. The second kappa shape index (κ2) is 8.57. The Morgan fingerprint density at radius 2 is 2.21 bits per heavy atom. The molecule has 4 N–H and O–H groups in total. The summed E-state index contributed by atoms with van der Waals surface area (Å²) >= 11 is 0. The lowest BCUT2D eigenvalue weighted by Crippen LogP contribution is -2.55. The molecule has 0 unspecified atom stereocenters. The number of aromatic amines is 1. The number of hydrogen-bond acceptors (Lipinski definition) is 7. The van der Waals surface area contributed by atoms with E-state index in [1.54, 1.807) is 0 Å². The van der Waals surface area contributed by atoms with Crippen LogP contribution in [0, 0.1) is 5.92 Å². The van der Waals surface area contributed by atoms with Gasteiger partial charge in [0, 0.05) is 37.0 Å². The summed E-state index contributed by atoms with van der Waals surface area (Å²) < 4.78 is 1.82. The summed E-state index contributed by atoms with van der Waals surface area (Å²) in [5.41, 5.74) is 1.36. The molecule has 1 amide bonds. The first-order chi connectivity index (χ1) is 16.6. The second-order valence-corrected chi connectivity index (χ2v) is 10.2. The minimum absolute atomic E-state index is 0.0580. The predicted octanol–water partition coefficient (Wildman–Crippen LogP) is 2.55. The molecule has 3 aromatic rings. The van der Waals surface area contributed by atoms with E-state index in [2.05, 4.69) is 37.1 Å². The molecule has 34 heavy (non-hydrogen) atoms. The van der Waals surface area contributed by atoms with Crippen LogP contribution >= 0.6 is 0 Å². The summed E-state index contributed by atoms with van der Waals surface area (Å²) in [7, 11) is 0. The van der Waals surface area contributed by atoms with Gasteiger partial charge in [-0.3, -0.25) is 9.89 Å². The number of fused-ring (bicyclic) bond motifs is 1. The van der Waals surface area contributed by atoms with Gasteiger partial charge in [0.15, 0.2) is 11.6 Å². The molecule has 3 fully saturated rings. The Hall–Kier alpha value is -3.14. The monoisotopic (exact) mass is 463 g/mol. The molecule has 0 spiro atoms. The van der Waals surface area contributed by atoms with Gasteiger partial charge in [0.05, 0.1) is 0 Å². The van der Waals surface area contributed by atoms with Crippen LogP contribution in [0.15, 0.2) is 24.4 Å². The van der Waals surface area contributed by atoms with E-state index in [0.717, 1.165) is 50.2 Å². The Kier molecular flexibility index (Phi) is 5.40. The molecule has 3 aliphatic rings. The zero-order valence-corrected chi connectivity index (χ0v) is 19.7. The van der Waals surface area contributed by atoms with Gasteiger partial charge in [-0.1, -0.05) is 0 Å². The van der Waals surface area contributed by atoms with E-state index in [-0.39, 0.29) is 5.91 Å². The average Bonchev–Trinajstić information content (AvgIpc) is 3.22. The van der Waals surface area contributed by atoms with Crippen molar-refractivity contribution in [3.8, 4) is 0 Å². The maximum Gasteiger partial charge on any atom is 0.246 e. The summed E-state index contributed by atoms with van der Waals surface area (Å²) in [6.45, 7) is 5.52. The Bertz CT molecular complexity index is 1180. The lowest BCUT2D eigenvalue weighted by molar-refractivity contribution is -0.125. The van der Waals surface area contributed by atoms with Crippen molar-refractivity contribution in [2.24, 2.45) is 5.92 Å². The number of anilines is 3.